The van der Waals surface area contributed by atoms with Crippen LogP contribution < -0.4 is 21.1 Å². The maximum atomic E-state index is 13.2. The number of nitrogens with zero attached hydrogens (tertiary/aromatic N) is 1. The van der Waals surface area contributed by atoms with Crippen LogP contribution in [0.2, 0.25) is 5.02 Å². The van der Waals surface area contributed by atoms with Gasteiger partial charge in [-0.2, -0.15) is 0 Å². The van der Waals surface area contributed by atoms with Gasteiger partial charge in [0.25, 0.3) is 5.91 Å². The van der Waals surface area contributed by atoms with Gasteiger partial charge in [0.05, 0.1) is 17.2 Å². The minimum Gasteiger partial charge on any atom is -0.405 e. The third-order valence-electron chi connectivity index (χ3n) is 6.18. The zero-order valence-corrected chi connectivity index (χ0v) is 22.8. The van der Waals surface area contributed by atoms with Crippen LogP contribution in [0.15, 0.2) is 41.3 Å². The number of alkyl halides is 3. The van der Waals surface area contributed by atoms with Gasteiger partial charge in [-0.25, -0.2) is 8.42 Å². The summed E-state index contributed by atoms with van der Waals surface area (Å²) >= 11 is 6.00. The van der Waals surface area contributed by atoms with Gasteiger partial charge in [-0.15, -0.1) is 13.2 Å². The minimum atomic E-state index is -4.99. The largest absolute Gasteiger partial charge is 0.573 e. The van der Waals surface area contributed by atoms with Gasteiger partial charge in [0.2, 0.25) is 5.91 Å². The third-order valence-corrected chi connectivity index (χ3v) is 8.25. The van der Waals surface area contributed by atoms with E-state index in [1.807, 2.05) is 4.90 Å². The van der Waals surface area contributed by atoms with Gasteiger partial charge in [-0.1, -0.05) is 24.6 Å². The number of sulfone groups is 1. The number of nitrogens with two attached hydrogens (primary N) is 1. The van der Waals surface area contributed by atoms with E-state index in [0.29, 0.717) is 13.1 Å². The van der Waals surface area contributed by atoms with E-state index in [1.54, 1.807) is 0 Å². The zero-order valence-electron chi connectivity index (χ0n) is 21.2. The number of hydrogen-bond acceptors (Lipinski definition) is 7. The molecule has 2 aromatic carbocycles. The first-order valence-electron chi connectivity index (χ1n) is 12.2. The molecule has 39 heavy (non-hydrogen) atoms. The van der Waals surface area contributed by atoms with Gasteiger partial charge in [0.1, 0.15) is 5.75 Å². The maximum Gasteiger partial charge on any atom is 0.573 e. The van der Waals surface area contributed by atoms with Gasteiger partial charge in [-0.05, 0) is 55.3 Å². The quantitative estimate of drug-likeness (QED) is 0.388. The molecule has 4 N–H and O–H groups in total. The molecule has 1 atom stereocenters. The number of nitrogens with one attached hydrogen (secondary N) is 2. The Morgan fingerprint density at radius 1 is 1.18 bits per heavy atom. The summed E-state index contributed by atoms with van der Waals surface area (Å²) in [6.45, 7) is 2.23. The number of amides is 2. The van der Waals surface area contributed by atoms with Crippen molar-refractivity contribution in [3.63, 3.8) is 0 Å². The highest BCUT2D eigenvalue weighted by Crippen LogP contribution is 2.30. The summed E-state index contributed by atoms with van der Waals surface area (Å²) in [7, 11) is -3.61. The van der Waals surface area contributed by atoms with Crippen molar-refractivity contribution in [1.82, 2.24) is 15.5 Å². The van der Waals surface area contributed by atoms with Crippen molar-refractivity contribution in [2.75, 3.05) is 25.4 Å². The molecule has 3 rings (SSSR count). The first-order chi connectivity index (χ1) is 18.3. The molecule has 2 aromatic rings. The van der Waals surface area contributed by atoms with Crippen molar-refractivity contribution in [3.8, 4) is 5.75 Å². The predicted molar refractivity (Wildman–Crippen MR) is 139 cm³/mol. The zero-order chi connectivity index (χ0) is 28.8. The SMILES string of the molecule is CCS(=O)(=O)c1ccc(Cl)cc1CNC(=O)c1ccc(CN2CCC[C@H](NC(=O)CN)C2)c(OC(F)(F)F)c1. The Labute approximate surface area is 229 Å². The number of halogens is 4. The van der Waals surface area contributed by atoms with Crippen LogP contribution in [0.3, 0.4) is 0 Å². The normalized spacial score (nSPS) is 16.5. The number of piperidine rings is 1. The van der Waals surface area contributed by atoms with E-state index in [0.717, 1.165) is 18.9 Å². The average molecular weight is 591 g/mol. The van der Waals surface area contributed by atoms with Gasteiger partial charge < -0.3 is 21.1 Å². The van der Waals surface area contributed by atoms with Gasteiger partial charge >= 0.3 is 6.36 Å². The highest BCUT2D eigenvalue weighted by Gasteiger charge is 2.33. The van der Waals surface area contributed by atoms with E-state index in [2.05, 4.69) is 15.4 Å². The monoisotopic (exact) mass is 590 g/mol. The van der Waals surface area contributed by atoms with Gasteiger partial charge in [-0.3, -0.25) is 14.5 Å². The number of carbonyl (C=O) groups excluding carboxylic acids is 2. The smallest absolute Gasteiger partial charge is 0.405 e. The number of ether oxygens (including phenoxy) is 1. The second-order valence-corrected chi connectivity index (χ2v) is 11.7. The summed E-state index contributed by atoms with van der Waals surface area (Å²) in [5, 5.41) is 5.60. The molecule has 0 aliphatic carbocycles. The molecular weight excluding hydrogens is 561 g/mol. The minimum absolute atomic E-state index is 0.00799. The molecular formula is C25H30ClF3N4O5S. The first-order valence-corrected chi connectivity index (χ1v) is 14.2. The molecule has 14 heteroatoms. The second-order valence-electron chi connectivity index (χ2n) is 9.05. The fourth-order valence-corrected chi connectivity index (χ4v) is 5.62. The van der Waals surface area contributed by atoms with Crippen LogP contribution in [0.5, 0.6) is 5.75 Å². The van der Waals surface area contributed by atoms with Crippen LogP contribution in [0, 0.1) is 0 Å². The summed E-state index contributed by atoms with van der Waals surface area (Å²) in [5.74, 6) is -1.72. The summed E-state index contributed by atoms with van der Waals surface area (Å²) < 4.78 is 68.7. The Hall–Kier alpha value is -2.87. The molecule has 2 amide bonds. The standard InChI is InChI=1S/C25H30ClF3N4O5S/c1-2-39(36,37)22-8-7-19(26)10-18(22)13-31-24(35)16-5-6-17(21(11-16)38-25(27,28)29)14-33-9-3-4-20(15-33)32-23(34)12-30/h5-8,10-11,20H,2-4,9,12-15,30H2,1H3,(H,31,35)(H,32,34)/t20-/m0/s1. The third kappa shape index (κ3) is 8.82. The predicted octanol–water partition coefficient (Wildman–Crippen LogP) is 3.00. The average Bonchev–Trinajstić information content (AvgIpc) is 2.87. The molecule has 1 heterocycles. The molecule has 214 valence electrons. The lowest BCUT2D eigenvalue weighted by atomic mass is 10.0. The van der Waals surface area contributed by atoms with Crippen molar-refractivity contribution in [1.29, 1.82) is 0 Å². The summed E-state index contributed by atoms with van der Waals surface area (Å²) in [5.41, 5.74) is 5.70. The van der Waals surface area contributed by atoms with Crippen molar-refractivity contribution in [3.05, 3.63) is 58.1 Å². The molecule has 0 bridgehead atoms. The van der Waals surface area contributed by atoms with Crippen molar-refractivity contribution in [2.45, 2.75) is 50.2 Å². The van der Waals surface area contributed by atoms with Gasteiger partial charge in [0, 0.05) is 41.8 Å². The summed E-state index contributed by atoms with van der Waals surface area (Å²) in [6.07, 6.45) is -3.54. The molecule has 1 fully saturated rings. The Morgan fingerprint density at radius 3 is 2.59 bits per heavy atom. The fraction of sp³-hybridized carbons (Fsp3) is 0.440. The molecule has 0 saturated carbocycles. The van der Waals surface area contributed by atoms with E-state index in [1.165, 1.54) is 37.3 Å². The molecule has 1 saturated heterocycles. The molecule has 9 nitrogen and oxygen atoms in total. The Morgan fingerprint density at radius 2 is 1.92 bits per heavy atom. The lowest BCUT2D eigenvalue weighted by molar-refractivity contribution is -0.275. The van der Waals surface area contributed by atoms with E-state index in [9.17, 15) is 31.2 Å². The first kappa shape index (κ1) is 30.7. The van der Waals surface area contributed by atoms with Crippen LogP contribution in [0.1, 0.15) is 41.3 Å². The second kappa shape index (κ2) is 13.0. The fourth-order valence-electron chi connectivity index (χ4n) is 4.31. The Kier molecular flexibility index (Phi) is 10.2. The number of rotatable bonds is 10. The lowest BCUT2D eigenvalue weighted by Crippen LogP contribution is -2.48. The number of likely N-dealkylation sites (tertiary alicyclic amines) is 1. The van der Waals surface area contributed by atoms with Crippen LogP contribution in [0.25, 0.3) is 0 Å². The molecule has 0 spiro atoms. The van der Waals surface area contributed by atoms with Crippen LogP contribution in [-0.2, 0) is 27.7 Å². The Bertz CT molecular complexity index is 1310. The van der Waals surface area contributed by atoms with Crippen LogP contribution in [-0.4, -0.2) is 62.9 Å². The maximum absolute atomic E-state index is 13.2. The molecule has 1 aliphatic heterocycles. The van der Waals surface area contributed by atoms with E-state index in [-0.39, 0.29) is 63.9 Å². The highest BCUT2D eigenvalue weighted by atomic mass is 35.5. The van der Waals surface area contributed by atoms with Crippen LogP contribution >= 0.6 is 11.6 Å². The number of benzene rings is 2. The topological polar surface area (TPSA) is 131 Å². The van der Waals surface area contributed by atoms with Crippen LogP contribution in [0.4, 0.5) is 13.2 Å². The van der Waals surface area contributed by atoms with Crippen molar-refractivity contribution < 1.29 is 35.9 Å². The number of hydrogen-bond donors (Lipinski definition) is 3. The molecule has 1 aliphatic rings. The van der Waals surface area contributed by atoms with E-state index < -0.39 is 27.9 Å². The summed E-state index contributed by atoms with van der Waals surface area (Å²) in [4.78, 5) is 26.4. The van der Waals surface area contributed by atoms with Crippen molar-refractivity contribution >= 4 is 33.3 Å². The highest BCUT2D eigenvalue weighted by molar-refractivity contribution is 7.91. The van der Waals surface area contributed by atoms with E-state index >= 15 is 0 Å². The Balaban J connectivity index is 1.78. The lowest BCUT2D eigenvalue weighted by Gasteiger charge is -2.33. The molecule has 0 aromatic heterocycles. The van der Waals surface area contributed by atoms with Crippen molar-refractivity contribution in [2.24, 2.45) is 5.73 Å². The van der Waals surface area contributed by atoms with Gasteiger partial charge in [0.15, 0.2) is 9.84 Å². The molecule has 0 unspecified atom stereocenters. The molecule has 0 radical (unpaired) electrons. The summed E-state index contributed by atoms with van der Waals surface area (Å²) in [6, 6.07) is 7.74. The number of carbonyl (C=O) groups is 2. The van der Waals surface area contributed by atoms with E-state index in [4.69, 9.17) is 17.3 Å².